The SMILES string of the molecule is Cc1c(Cl)nc2ncnn2c1N1CCNC(=O)CC1. The van der Waals surface area contributed by atoms with Crippen LogP contribution in [0.5, 0.6) is 0 Å². The molecular formula is C11H13ClN6O. The van der Waals surface area contributed by atoms with Crippen molar-refractivity contribution in [2.24, 2.45) is 0 Å². The molecule has 0 bridgehead atoms. The molecule has 0 radical (unpaired) electrons. The van der Waals surface area contributed by atoms with Gasteiger partial charge in [-0.05, 0) is 6.92 Å². The number of nitrogens with one attached hydrogen (secondary N) is 1. The molecule has 0 saturated carbocycles. The molecule has 3 rings (SSSR count). The van der Waals surface area contributed by atoms with Gasteiger partial charge in [0.05, 0.1) is 0 Å². The fourth-order valence-corrected chi connectivity index (χ4v) is 2.39. The van der Waals surface area contributed by atoms with E-state index in [0.717, 1.165) is 11.4 Å². The molecule has 100 valence electrons. The molecule has 1 fully saturated rings. The van der Waals surface area contributed by atoms with Crippen LogP contribution in [0.1, 0.15) is 12.0 Å². The topological polar surface area (TPSA) is 75.4 Å². The van der Waals surface area contributed by atoms with E-state index in [2.05, 4.69) is 25.3 Å². The first-order chi connectivity index (χ1) is 9.16. The van der Waals surface area contributed by atoms with Crippen molar-refractivity contribution in [3.05, 3.63) is 17.0 Å². The maximum absolute atomic E-state index is 11.4. The van der Waals surface area contributed by atoms with Crippen LogP contribution < -0.4 is 10.2 Å². The van der Waals surface area contributed by atoms with Crippen molar-refractivity contribution in [2.45, 2.75) is 13.3 Å². The fourth-order valence-electron chi connectivity index (χ4n) is 2.23. The molecule has 0 aromatic carbocycles. The highest BCUT2D eigenvalue weighted by molar-refractivity contribution is 6.30. The first-order valence-corrected chi connectivity index (χ1v) is 6.42. The molecule has 19 heavy (non-hydrogen) atoms. The summed E-state index contributed by atoms with van der Waals surface area (Å²) < 4.78 is 1.66. The predicted octanol–water partition coefficient (Wildman–Crippen LogP) is 0.412. The van der Waals surface area contributed by atoms with Crippen LogP contribution >= 0.6 is 11.6 Å². The zero-order valence-corrected chi connectivity index (χ0v) is 11.2. The Morgan fingerprint density at radius 1 is 1.42 bits per heavy atom. The second-order valence-electron chi connectivity index (χ2n) is 4.41. The van der Waals surface area contributed by atoms with Crippen LogP contribution in [-0.4, -0.2) is 45.1 Å². The molecule has 1 amide bonds. The minimum Gasteiger partial charge on any atom is -0.354 e. The van der Waals surface area contributed by atoms with Gasteiger partial charge in [-0.1, -0.05) is 11.6 Å². The van der Waals surface area contributed by atoms with Crippen LogP contribution in [0.15, 0.2) is 6.33 Å². The molecule has 0 spiro atoms. The number of fused-ring (bicyclic) bond motifs is 1. The van der Waals surface area contributed by atoms with Crippen molar-refractivity contribution in [3.63, 3.8) is 0 Å². The number of hydrogen-bond acceptors (Lipinski definition) is 5. The van der Waals surface area contributed by atoms with E-state index < -0.39 is 0 Å². The average Bonchev–Trinajstić information content (AvgIpc) is 2.72. The summed E-state index contributed by atoms with van der Waals surface area (Å²) in [6.07, 6.45) is 1.90. The van der Waals surface area contributed by atoms with Gasteiger partial charge in [-0.2, -0.15) is 19.6 Å². The zero-order valence-electron chi connectivity index (χ0n) is 10.4. The smallest absolute Gasteiger partial charge is 0.255 e. The Balaban J connectivity index is 2.10. The van der Waals surface area contributed by atoms with Crippen LogP contribution in [0.2, 0.25) is 5.15 Å². The Morgan fingerprint density at radius 2 is 2.26 bits per heavy atom. The lowest BCUT2D eigenvalue weighted by molar-refractivity contribution is -0.120. The quantitative estimate of drug-likeness (QED) is 0.766. The molecule has 8 heteroatoms. The third kappa shape index (κ3) is 2.10. The van der Waals surface area contributed by atoms with Crippen molar-refractivity contribution < 1.29 is 4.79 Å². The number of aromatic nitrogens is 4. The summed E-state index contributed by atoms with van der Waals surface area (Å²) in [4.78, 5) is 21.7. The molecule has 1 aliphatic heterocycles. The highest BCUT2D eigenvalue weighted by atomic mass is 35.5. The molecule has 1 N–H and O–H groups in total. The molecule has 1 aliphatic rings. The standard InChI is InChI=1S/C11H13ClN6O/c1-7-9(12)16-11-14-6-15-18(11)10(7)17-4-2-8(19)13-3-5-17/h6H,2-5H2,1H3,(H,13,19). The van der Waals surface area contributed by atoms with E-state index in [9.17, 15) is 4.79 Å². The van der Waals surface area contributed by atoms with Crippen LogP contribution in [0.4, 0.5) is 5.82 Å². The first kappa shape index (κ1) is 12.2. The van der Waals surface area contributed by atoms with E-state index in [4.69, 9.17) is 11.6 Å². The van der Waals surface area contributed by atoms with Gasteiger partial charge in [0.25, 0.3) is 5.78 Å². The van der Waals surface area contributed by atoms with Crippen molar-refractivity contribution in [1.82, 2.24) is 24.9 Å². The van der Waals surface area contributed by atoms with Crippen molar-refractivity contribution in [3.8, 4) is 0 Å². The number of amides is 1. The highest BCUT2D eigenvalue weighted by Gasteiger charge is 2.21. The largest absolute Gasteiger partial charge is 0.354 e. The van der Waals surface area contributed by atoms with E-state index in [1.54, 1.807) is 4.52 Å². The molecule has 0 aliphatic carbocycles. The number of rotatable bonds is 1. The lowest BCUT2D eigenvalue weighted by Gasteiger charge is -2.24. The molecule has 1 saturated heterocycles. The molecule has 2 aromatic heterocycles. The predicted molar refractivity (Wildman–Crippen MR) is 70.4 cm³/mol. The highest BCUT2D eigenvalue weighted by Crippen LogP contribution is 2.25. The molecular weight excluding hydrogens is 268 g/mol. The number of carbonyl (C=O) groups is 1. The van der Waals surface area contributed by atoms with Gasteiger partial charge in [0, 0.05) is 31.6 Å². The van der Waals surface area contributed by atoms with Gasteiger partial charge >= 0.3 is 0 Å². The van der Waals surface area contributed by atoms with Crippen molar-refractivity contribution >= 4 is 29.1 Å². The second kappa shape index (κ2) is 4.65. The molecule has 0 unspecified atom stereocenters. The number of nitrogens with zero attached hydrogens (tertiary/aromatic N) is 5. The lowest BCUT2D eigenvalue weighted by Crippen LogP contribution is -2.30. The number of carbonyl (C=O) groups excluding carboxylic acids is 1. The Labute approximate surface area is 114 Å². The van der Waals surface area contributed by atoms with Crippen LogP contribution in [0.3, 0.4) is 0 Å². The van der Waals surface area contributed by atoms with Gasteiger partial charge in [-0.25, -0.2) is 0 Å². The fraction of sp³-hybridized carbons (Fsp3) is 0.455. The van der Waals surface area contributed by atoms with E-state index in [1.165, 1.54) is 6.33 Å². The minimum atomic E-state index is 0.0649. The summed E-state index contributed by atoms with van der Waals surface area (Å²) in [7, 11) is 0. The summed E-state index contributed by atoms with van der Waals surface area (Å²) in [6.45, 7) is 3.84. The summed E-state index contributed by atoms with van der Waals surface area (Å²) in [5, 5.41) is 7.44. The number of hydrogen-bond donors (Lipinski definition) is 1. The second-order valence-corrected chi connectivity index (χ2v) is 4.77. The Hall–Kier alpha value is -1.89. The summed E-state index contributed by atoms with van der Waals surface area (Å²) >= 11 is 6.14. The maximum atomic E-state index is 11.4. The lowest BCUT2D eigenvalue weighted by atomic mass is 10.3. The van der Waals surface area contributed by atoms with Crippen LogP contribution in [0.25, 0.3) is 5.78 Å². The van der Waals surface area contributed by atoms with Crippen LogP contribution in [-0.2, 0) is 4.79 Å². The van der Waals surface area contributed by atoms with E-state index in [-0.39, 0.29) is 5.91 Å². The van der Waals surface area contributed by atoms with Gasteiger partial charge < -0.3 is 10.2 Å². The minimum absolute atomic E-state index is 0.0649. The van der Waals surface area contributed by atoms with Gasteiger partial charge in [0.2, 0.25) is 5.91 Å². The Kier molecular flexibility index (Phi) is 2.98. The summed E-state index contributed by atoms with van der Waals surface area (Å²) in [6, 6.07) is 0. The Bertz CT molecular complexity index is 639. The van der Waals surface area contributed by atoms with E-state index in [1.807, 2.05) is 6.92 Å². The van der Waals surface area contributed by atoms with Gasteiger partial charge in [0.15, 0.2) is 0 Å². The van der Waals surface area contributed by atoms with Gasteiger partial charge in [-0.15, -0.1) is 0 Å². The number of halogens is 1. The Morgan fingerprint density at radius 3 is 3.11 bits per heavy atom. The third-order valence-corrected chi connectivity index (χ3v) is 3.55. The van der Waals surface area contributed by atoms with Gasteiger partial charge in [0.1, 0.15) is 17.3 Å². The molecule has 2 aromatic rings. The molecule has 3 heterocycles. The number of anilines is 1. The molecule has 7 nitrogen and oxygen atoms in total. The normalized spacial score (nSPS) is 16.5. The van der Waals surface area contributed by atoms with E-state index in [0.29, 0.717) is 37.0 Å². The molecule has 0 atom stereocenters. The maximum Gasteiger partial charge on any atom is 0.255 e. The van der Waals surface area contributed by atoms with Crippen molar-refractivity contribution in [1.29, 1.82) is 0 Å². The van der Waals surface area contributed by atoms with Crippen molar-refractivity contribution in [2.75, 3.05) is 24.5 Å². The van der Waals surface area contributed by atoms with E-state index >= 15 is 0 Å². The monoisotopic (exact) mass is 280 g/mol. The zero-order chi connectivity index (χ0) is 13.4. The summed E-state index contributed by atoms with van der Waals surface area (Å²) in [5.41, 5.74) is 0.842. The van der Waals surface area contributed by atoms with Crippen LogP contribution in [0, 0.1) is 6.92 Å². The first-order valence-electron chi connectivity index (χ1n) is 6.04. The summed E-state index contributed by atoms with van der Waals surface area (Å²) in [5.74, 6) is 1.38. The van der Waals surface area contributed by atoms with Gasteiger partial charge in [-0.3, -0.25) is 4.79 Å². The average molecular weight is 281 g/mol. The third-order valence-electron chi connectivity index (χ3n) is 3.19.